The molecule has 1 aliphatic heterocycles. The van der Waals surface area contributed by atoms with Gasteiger partial charge in [-0.25, -0.2) is 4.79 Å². The second-order valence-corrected chi connectivity index (χ2v) is 9.07. The van der Waals surface area contributed by atoms with Crippen molar-refractivity contribution in [3.8, 4) is 0 Å². The third-order valence-corrected chi connectivity index (χ3v) is 6.03. The summed E-state index contributed by atoms with van der Waals surface area (Å²) < 4.78 is 5.50. The van der Waals surface area contributed by atoms with Gasteiger partial charge in [0, 0.05) is 25.2 Å². The molecule has 136 valence electrons. The molecule has 1 aromatic carbocycles. The first-order valence-corrected chi connectivity index (χ1v) is 9.66. The van der Waals surface area contributed by atoms with Crippen molar-refractivity contribution in [3.63, 3.8) is 0 Å². The second kappa shape index (κ2) is 6.01. The molecule has 0 radical (unpaired) electrons. The van der Waals surface area contributed by atoms with Gasteiger partial charge in [0.2, 0.25) is 0 Å². The Morgan fingerprint density at radius 3 is 2.40 bits per heavy atom. The van der Waals surface area contributed by atoms with Crippen LogP contribution in [0.5, 0.6) is 0 Å². The number of ether oxygens (including phenoxy) is 1. The fraction of sp³-hybridized carbons (Fsp3) is 0.667. The van der Waals surface area contributed by atoms with Crippen molar-refractivity contribution >= 4 is 6.09 Å². The van der Waals surface area contributed by atoms with Crippen molar-refractivity contribution in [2.45, 2.75) is 64.1 Å². The van der Waals surface area contributed by atoms with Gasteiger partial charge in [-0.3, -0.25) is 0 Å². The summed E-state index contributed by atoms with van der Waals surface area (Å²) >= 11 is 0. The van der Waals surface area contributed by atoms with E-state index in [1.54, 1.807) is 0 Å². The molecule has 4 heteroatoms. The van der Waals surface area contributed by atoms with E-state index in [0.29, 0.717) is 29.8 Å². The lowest BCUT2D eigenvalue weighted by atomic mass is 9.81. The van der Waals surface area contributed by atoms with Gasteiger partial charge in [0.1, 0.15) is 5.60 Å². The third-order valence-electron chi connectivity index (χ3n) is 6.03. The summed E-state index contributed by atoms with van der Waals surface area (Å²) in [6, 6.07) is 9.91. The van der Waals surface area contributed by atoms with Crippen LogP contribution in [0, 0.1) is 11.8 Å². The number of carbonyl (C=O) groups is 1. The lowest BCUT2D eigenvalue weighted by Gasteiger charge is -2.32. The smallest absolute Gasteiger partial charge is 0.410 e. The molecule has 4 nitrogen and oxygen atoms in total. The minimum atomic E-state index is -0.413. The fourth-order valence-corrected chi connectivity index (χ4v) is 4.66. The first-order valence-electron chi connectivity index (χ1n) is 9.66. The van der Waals surface area contributed by atoms with E-state index in [9.17, 15) is 4.79 Å². The number of likely N-dealkylation sites (tertiary alicyclic amines) is 1. The van der Waals surface area contributed by atoms with Crippen molar-refractivity contribution in [2.24, 2.45) is 11.8 Å². The van der Waals surface area contributed by atoms with Crippen molar-refractivity contribution in [2.75, 3.05) is 13.1 Å². The molecule has 0 bridgehead atoms. The van der Waals surface area contributed by atoms with Crippen LogP contribution in [-0.4, -0.2) is 35.7 Å². The molecular formula is C21H30N2O2. The SMILES string of the molecule is CC1CCC(NC2C3CN(C(=O)OC(C)(C)C)CC32)c2ccccc21. The Labute approximate surface area is 150 Å². The largest absolute Gasteiger partial charge is 0.444 e. The number of hydrogen-bond donors (Lipinski definition) is 1. The van der Waals surface area contributed by atoms with Crippen LogP contribution in [0.25, 0.3) is 0 Å². The average Bonchev–Trinajstić information content (AvgIpc) is 2.99. The van der Waals surface area contributed by atoms with Gasteiger partial charge in [-0.15, -0.1) is 0 Å². The number of carbonyl (C=O) groups excluding carboxylic acids is 1. The number of rotatable bonds is 2. The summed E-state index contributed by atoms with van der Waals surface area (Å²) in [5.74, 6) is 1.86. The van der Waals surface area contributed by atoms with Crippen LogP contribution in [0.15, 0.2) is 24.3 Å². The molecule has 1 heterocycles. The van der Waals surface area contributed by atoms with Crippen molar-refractivity contribution in [1.82, 2.24) is 10.2 Å². The molecule has 4 atom stereocenters. The highest BCUT2D eigenvalue weighted by molar-refractivity contribution is 5.69. The summed E-state index contributed by atoms with van der Waals surface area (Å²) in [4.78, 5) is 14.1. The lowest BCUT2D eigenvalue weighted by Crippen LogP contribution is -2.40. The Morgan fingerprint density at radius 2 is 1.76 bits per heavy atom. The number of benzene rings is 1. The zero-order valence-electron chi connectivity index (χ0n) is 15.8. The van der Waals surface area contributed by atoms with Crippen molar-refractivity contribution < 1.29 is 9.53 Å². The number of piperidine rings is 1. The Balaban J connectivity index is 1.35. The van der Waals surface area contributed by atoms with E-state index >= 15 is 0 Å². The van der Waals surface area contributed by atoms with Gasteiger partial charge in [-0.2, -0.15) is 0 Å². The first kappa shape index (κ1) is 16.9. The highest BCUT2D eigenvalue weighted by Gasteiger charge is 2.57. The zero-order chi connectivity index (χ0) is 17.8. The summed E-state index contributed by atoms with van der Waals surface area (Å²) in [7, 11) is 0. The molecule has 25 heavy (non-hydrogen) atoms. The normalized spacial score (nSPS) is 33.6. The van der Waals surface area contributed by atoms with Crippen LogP contribution >= 0.6 is 0 Å². The Morgan fingerprint density at radius 1 is 1.12 bits per heavy atom. The van der Waals surface area contributed by atoms with E-state index in [1.165, 1.54) is 24.0 Å². The van der Waals surface area contributed by atoms with Gasteiger partial charge in [0.05, 0.1) is 0 Å². The molecule has 4 rings (SSSR count). The summed E-state index contributed by atoms with van der Waals surface area (Å²) in [6.07, 6.45) is 2.31. The number of nitrogens with one attached hydrogen (secondary N) is 1. The van der Waals surface area contributed by atoms with E-state index in [2.05, 4.69) is 36.5 Å². The molecule has 1 N–H and O–H groups in total. The summed E-state index contributed by atoms with van der Waals surface area (Å²) in [6.45, 7) is 9.78. The quantitative estimate of drug-likeness (QED) is 0.880. The van der Waals surface area contributed by atoms with Crippen LogP contribution in [0.3, 0.4) is 0 Å². The minimum absolute atomic E-state index is 0.157. The maximum absolute atomic E-state index is 12.2. The topological polar surface area (TPSA) is 41.6 Å². The van der Waals surface area contributed by atoms with E-state index in [-0.39, 0.29) is 6.09 Å². The monoisotopic (exact) mass is 342 g/mol. The highest BCUT2D eigenvalue weighted by atomic mass is 16.6. The molecule has 1 amide bonds. The van der Waals surface area contributed by atoms with Crippen LogP contribution in [0.2, 0.25) is 0 Å². The molecule has 1 saturated carbocycles. The van der Waals surface area contributed by atoms with E-state index < -0.39 is 5.60 Å². The number of hydrogen-bond acceptors (Lipinski definition) is 3. The van der Waals surface area contributed by atoms with Crippen LogP contribution < -0.4 is 5.32 Å². The highest BCUT2D eigenvalue weighted by Crippen LogP contribution is 2.48. The van der Waals surface area contributed by atoms with Gasteiger partial charge in [0.25, 0.3) is 0 Å². The lowest BCUT2D eigenvalue weighted by molar-refractivity contribution is 0.0268. The van der Waals surface area contributed by atoms with Gasteiger partial charge >= 0.3 is 6.09 Å². The minimum Gasteiger partial charge on any atom is -0.444 e. The van der Waals surface area contributed by atoms with Crippen LogP contribution in [0.4, 0.5) is 4.79 Å². The molecule has 3 aliphatic rings. The summed E-state index contributed by atoms with van der Waals surface area (Å²) in [5, 5.41) is 3.90. The fourth-order valence-electron chi connectivity index (χ4n) is 4.66. The van der Waals surface area contributed by atoms with Crippen molar-refractivity contribution in [1.29, 1.82) is 0 Å². The second-order valence-electron chi connectivity index (χ2n) is 9.07. The standard InChI is InChI=1S/C21H30N2O2/c1-13-9-10-18(15-8-6-5-7-14(13)15)22-19-16-11-23(12-17(16)19)20(24)25-21(2,3)4/h5-8,13,16-19,22H,9-12H2,1-4H3. The third kappa shape index (κ3) is 3.29. The molecule has 2 fully saturated rings. The van der Waals surface area contributed by atoms with Crippen molar-refractivity contribution in [3.05, 3.63) is 35.4 Å². The molecule has 2 aliphatic carbocycles. The molecule has 0 spiro atoms. The van der Waals surface area contributed by atoms with Gasteiger partial charge in [-0.1, -0.05) is 31.2 Å². The van der Waals surface area contributed by atoms with E-state index in [1.807, 2.05) is 25.7 Å². The van der Waals surface area contributed by atoms with Gasteiger partial charge in [0.15, 0.2) is 0 Å². The maximum Gasteiger partial charge on any atom is 0.410 e. The van der Waals surface area contributed by atoms with Crippen LogP contribution in [-0.2, 0) is 4.74 Å². The van der Waals surface area contributed by atoms with Gasteiger partial charge in [-0.05, 0) is 62.5 Å². The predicted molar refractivity (Wildman–Crippen MR) is 98.5 cm³/mol. The predicted octanol–water partition coefficient (Wildman–Crippen LogP) is 4.08. The number of nitrogens with zero attached hydrogens (tertiary/aromatic N) is 1. The molecule has 1 aromatic rings. The molecule has 4 unspecified atom stereocenters. The molecular weight excluding hydrogens is 312 g/mol. The van der Waals surface area contributed by atoms with Gasteiger partial charge < -0.3 is 15.0 Å². The Hall–Kier alpha value is -1.55. The first-order chi connectivity index (χ1) is 11.8. The zero-order valence-corrected chi connectivity index (χ0v) is 15.8. The molecule has 1 saturated heterocycles. The number of amides is 1. The Bertz CT molecular complexity index is 654. The average molecular weight is 342 g/mol. The van der Waals surface area contributed by atoms with E-state index in [0.717, 1.165) is 13.1 Å². The summed E-state index contributed by atoms with van der Waals surface area (Å²) in [5.41, 5.74) is 2.58. The number of fused-ring (bicyclic) bond motifs is 2. The maximum atomic E-state index is 12.2. The Kier molecular flexibility index (Phi) is 4.06. The van der Waals surface area contributed by atoms with E-state index in [4.69, 9.17) is 4.74 Å². The molecule has 0 aromatic heterocycles. The van der Waals surface area contributed by atoms with Crippen LogP contribution in [0.1, 0.15) is 63.6 Å².